The summed E-state index contributed by atoms with van der Waals surface area (Å²) in [5.41, 5.74) is 8.86. The maximum absolute atomic E-state index is 11.9. The first-order chi connectivity index (χ1) is 18.6. The minimum Gasteiger partial charge on any atom is -0.468 e. The van der Waals surface area contributed by atoms with Gasteiger partial charge in [-0.1, -0.05) is 35.8 Å². The fraction of sp³-hybridized carbons (Fsp3) is 0.346. The summed E-state index contributed by atoms with van der Waals surface area (Å²) in [5, 5.41) is 7.50. The molecule has 0 radical (unpaired) electrons. The second-order valence-corrected chi connectivity index (χ2v) is 9.50. The van der Waals surface area contributed by atoms with Crippen molar-refractivity contribution < 1.29 is 14.1 Å². The van der Waals surface area contributed by atoms with Crippen molar-refractivity contribution >= 4 is 17.7 Å². The van der Waals surface area contributed by atoms with Crippen molar-refractivity contribution in [3.63, 3.8) is 0 Å². The molecule has 6 rings (SSSR count). The summed E-state index contributed by atoms with van der Waals surface area (Å²) < 4.78 is 10.5. The van der Waals surface area contributed by atoms with E-state index < -0.39 is 6.04 Å². The highest BCUT2D eigenvalue weighted by Crippen LogP contribution is 2.48. The van der Waals surface area contributed by atoms with Crippen LogP contribution in [0.1, 0.15) is 30.7 Å². The number of ether oxygens (including phenoxy) is 1. The summed E-state index contributed by atoms with van der Waals surface area (Å²) in [6, 6.07) is 7.91. The van der Waals surface area contributed by atoms with Gasteiger partial charge in [-0.05, 0) is 24.0 Å². The normalized spacial score (nSPS) is 18.6. The monoisotopic (exact) mass is 513 g/mol. The molecule has 1 aliphatic carbocycles. The van der Waals surface area contributed by atoms with E-state index >= 15 is 0 Å². The van der Waals surface area contributed by atoms with Crippen LogP contribution in [-0.2, 0) is 14.9 Å². The standard InChI is InChI=1S/C26H27N9O3/c1-37-23(36)20-15-35(10-9-28-20)21-14-29-19(13-30-21)22-33-24(34-38-22)26(7-2-8-26)18-5-3-16(4-6-18)17-11-31-25(27)32-12-17/h3-6,11-14,20,28H,2,7-10,15H2,1H3,(H2,27,31,32). The van der Waals surface area contributed by atoms with Gasteiger partial charge in [-0.25, -0.2) is 19.9 Å². The molecule has 2 fully saturated rings. The van der Waals surface area contributed by atoms with Crippen molar-refractivity contribution in [3.8, 4) is 22.7 Å². The van der Waals surface area contributed by atoms with E-state index in [4.69, 9.17) is 20.0 Å². The number of nitrogens with two attached hydrogens (primary N) is 1. The Morgan fingerprint density at radius 1 is 1.08 bits per heavy atom. The summed E-state index contributed by atoms with van der Waals surface area (Å²) >= 11 is 0. The number of nitrogens with zero attached hydrogens (tertiary/aromatic N) is 7. The SMILES string of the molecule is COC(=O)C1CN(c2cnc(-c3nc(C4(c5ccc(-c6cnc(N)nc6)cc5)CCC4)no3)cn2)CCN1. The van der Waals surface area contributed by atoms with Gasteiger partial charge in [-0.15, -0.1) is 0 Å². The third-order valence-electron chi connectivity index (χ3n) is 7.35. The Kier molecular flexibility index (Phi) is 6.16. The average Bonchev–Trinajstić information content (AvgIpc) is 3.43. The molecule has 4 aromatic rings. The van der Waals surface area contributed by atoms with Gasteiger partial charge in [-0.2, -0.15) is 4.98 Å². The molecule has 12 heteroatoms. The number of hydrogen-bond donors (Lipinski definition) is 2. The van der Waals surface area contributed by atoms with Crippen LogP contribution in [0.25, 0.3) is 22.7 Å². The van der Waals surface area contributed by atoms with Crippen molar-refractivity contribution in [2.45, 2.75) is 30.7 Å². The van der Waals surface area contributed by atoms with Crippen molar-refractivity contribution in [1.29, 1.82) is 0 Å². The lowest BCUT2D eigenvalue weighted by Gasteiger charge is -2.39. The second-order valence-electron chi connectivity index (χ2n) is 9.50. The van der Waals surface area contributed by atoms with Crippen molar-refractivity contribution in [1.82, 2.24) is 35.4 Å². The summed E-state index contributed by atoms with van der Waals surface area (Å²) in [6.45, 7) is 1.81. The number of nitrogens with one attached hydrogen (secondary N) is 1. The van der Waals surface area contributed by atoms with Crippen LogP contribution in [0.15, 0.2) is 53.6 Å². The molecule has 1 unspecified atom stereocenters. The Hall–Kier alpha value is -4.45. The number of aromatic nitrogens is 6. The zero-order valence-electron chi connectivity index (χ0n) is 20.9. The number of carbonyl (C=O) groups excluding carboxylic acids is 1. The Morgan fingerprint density at radius 3 is 2.53 bits per heavy atom. The van der Waals surface area contributed by atoms with Crippen LogP contribution in [-0.4, -0.2) is 68.8 Å². The fourth-order valence-corrected chi connectivity index (χ4v) is 5.02. The Balaban J connectivity index is 1.20. The molecular formula is C26H27N9O3. The lowest BCUT2D eigenvalue weighted by atomic mass is 9.64. The first kappa shape index (κ1) is 23.9. The number of hydrogen-bond acceptors (Lipinski definition) is 12. The maximum Gasteiger partial charge on any atom is 0.324 e. The number of piperazine rings is 1. The van der Waals surface area contributed by atoms with Crippen molar-refractivity contribution in [3.05, 3.63) is 60.4 Å². The van der Waals surface area contributed by atoms with Gasteiger partial charge in [0.15, 0.2) is 5.82 Å². The van der Waals surface area contributed by atoms with Crippen LogP contribution < -0.4 is 16.0 Å². The molecule has 1 saturated carbocycles. The predicted octanol–water partition coefficient (Wildman–Crippen LogP) is 1.99. The number of carbonyl (C=O) groups is 1. The Bertz CT molecular complexity index is 1420. The van der Waals surface area contributed by atoms with E-state index in [1.165, 1.54) is 7.11 Å². The maximum atomic E-state index is 11.9. The van der Waals surface area contributed by atoms with Gasteiger partial charge in [0.05, 0.1) is 24.9 Å². The van der Waals surface area contributed by atoms with E-state index in [9.17, 15) is 4.79 Å². The van der Waals surface area contributed by atoms with Crippen LogP contribution in [0, 0.1) is 0 Å². The van der Waals surface area contributed by atoms with E-state index in [0.717, 1.165) is 36.0 Å². The van der Waals surface area contributed by atoms with E-state index in [0.29, 0.717) is 42.9 Å². The molecule has 3 N–H and O–H groups in total. The average molecular weight is 514 g/mol. The van der Waals surface area contributed by atoms with E-state index in [-0.39, 0.29) is 17.3 Å². The molecule has 1 saturated heterocycles. The molecule has 0 amide bonds. The number of methoxy groups -OCH3 is 1. The molecule has 0 bridgehead atoms. The minimum atomic E-state index is -0.402. The van der Waals surface area contributed by atoms with Crippen LogP contribution in [0.4, 0.5) is 11.8 Å². The molecule has 3 aromatic heterocycles. The zero-order valence-corrected chi connectivity index (χ0v) is 20.9. The zero-order chi connectivity index (χ0) is 26.1. The van der Waals surface area contributed by atoms with Crippen molar-refractivity contribution in [2.75, 3.05) is 37.4 Å². The molecule has 12 nitrogen and oxygen atoms in total. The van der Waals surface area contributed by atoms with E-state index in [1.807, 2.05) is 4.90 Å². The van der Waals surface area contributed by atoms with E-state index in [2.05, 4.69) is 54.7 Å². The van der Waals surface area contributed by atoms with Crippen LogP contribution in [0.3, 0.4) is 0 Å². The predicted molar refractivity (Wildman–Crippen MR) is 138 cm³/mol. The molecule has 1 atom stereocenters. The molecule has 2 aliphatic rings. The molecule has 4 heterocycles. The minimum absolute atomic E-state index is 0.252. The number of esters is 1. The van der Waals surface area contributed by atoms with Gasteiger partial charge in [0.25, 0.3) is 5.89 Å². The van der Waals surface area contributed by atoms with Gasteiger partial charge < -0.3 is 25.2 Å². The van der Waals surface area contributed by atoms with Crippen LogP contribution in [0.5, 0.6) is 0 Å². The smallest absolute Gasteiger partial charge is 0.324 e. The largest absolute Gasteiger partial charge is 0.468 e. The van der Waals surface area contributed by atoms with Gasteiger partial charge in [-0.3, -0.25) is 4.79 Å². The number of rotatable bonds is 6. The van der Waals surface area contributed by atoms with Gasteiger partial charge in [0.2, 0.25) is 5.95 Å². The van der Waals surface area contributed by atoms with Crippen LogP contribution >= 0.6 is 0 Å². The van der Waals surface area contributed by atoms with Gasteiger partial charge >= 0.3 is 5.97 Å². The second kappa shape index (κ2) is 9.78. The summed E-state index contributed by atoms with van der Waals surface area (Å²) in [7, 11) is 1.38. The topological polar surface area (TPSA) is 158 Å². The fourth-order valence-electron chi connectivity index (χ4n) is 5.02. The highest BCUT2D eigenvalue weighted by Gasteiger charge is 2.44. The van der Waals surface area contributed by atoms with Crippen LogP contribution in [0.2, 0.25) is 0 Å². The molecule has 38 heavy (non-hydrogen) atoms. The highest BCUT2D eigenvalue weighted by molar-refractivity contribution is 5.76. The lowest BCUT2D eigenvalue weighted by molar-refractivity contribution is -0.143. The van der Waals surface area contributed by atoms with Crippen molar-refractivity contribution in [2.24, 2.45) is 0 Å². The Labute approximate surface area is 218 Å². The lowest BCUT2D eigenvalue weighted by Crippen LogP contribution is -2.54. The summed E-state index contributed by atoms with van der Waals surface area (Å²) in [5.74, 6) is 1.61. The molecule has 0 spiro atoms. The number of benzene rings is 1. The third-order valence-corrected chi connectivity index (χ3v) is 7.35. The number of nitrogen functional groups attached to an aromatic ring is 1. The molecular weight excluding hydrogens is 486 g/mol. The molecule has 1 aliphatic heterocycles. The summed E-state index contributed by atoms with van der Waals surface area (Å²) in [6.07, 6.45) is 9.68. The van der Waals surface area contributed by atoms with Gasteiger partial charge in [0.1, 0.15) is 17.6 Å². The van der Waals surface area contributed by atoms with Gasteiger partial charge in [0, 0.05) is 37.6 Å². The molecule has 1 aromatic carbocycles. The molecule has 194 valence electrons. The highest BCUT2D eigenvalue weighted by atomic mass is 16.5. The summed E-state index contributed by atoms with van der Waals surface area (Å²) in [4.78, 5) is 35.9. The van der Waals surface area contributed by atoms with E-state index in [1.54, 1.807) is 24.8 Å². The first-order valence-corrected chi connectivity index (χ1v) is 12.5. The third kappa shape index (κ3) is 4.32. The number of anilines is 2. The quantitative estimate of drug-likeness (QED) is 0.362. The Morgan fingerprint density at radius 2 is 1.87 bits per heavy atom. The first-order valence-electron chi connectivity index (χ1n) is 12.5.